The van der Waals surface area contributed by atoms with E-state index in [0.717, 1.165) is 32.6 Å². The van der Waals surface area contributed by atoms with Gasteiger partial charge in [0.15, 0.2) is 0 Å². The SMILES string of the molecule is CN(CC1CCCOC1)c1ccc(C(=N)N)cc1F. The van der Waals surface area contributed by atoms with Crippen molar-refractivity contribution in [3.8, 4) is 0 Å². The molecule has 0 aromatic heterocycles. The largest absolute Gasteiger partial charge is 0.384 e. The van der Waals surface area contributed by atoms with E-state index < -0.39 is 0 Å². The van der Waals surface area contributed by atoms with Crippen LogP contribution < -0.4 is 10.6 Å². The first-order valence-electron chi connectivity index (χ1n) is 6.50. The van der Waals surface area contributed by atoms with Crippen LogP contribution in [0.3, 0.4) is 0 Å². The van der Waals surface area contributed by atoms with Crippen LogP contribution in [0.2, 0.25) is 0 Å². The lowest BCUT2D eigenvalue weighted by Crippen LogP contribution is -2.31. The highest BCUT2D eigenvalue weighted by Gasteiger charge is 2.18. The van der Waals surface area contributed by atoms with Gasteiger partial charge in [0.1, 0.15) is 11.7 Å². The Morgan fingerprint density at radius 2 is 2.37 bits per heavy atom. The highest BCUT2D eigenvalue weighted by molar-refractivity contribution is 5.95. The molecule has 1 fully saturated rings. The fourth-order valence-corrected chi connectivity index (χ4v) is 2.42. The Hall–Kier alpha value is -1.62. The first-order valence-corrected chi connectivity index (χ1v) is 6.50. The lowest BCUT2D eigenvalue weighted by atomic mass is 10.0. The van der Waals surface area contributed by atoms with Crippen molar-refractivity contribution in [2.24, 2.45) is 11.7 Å². The van der Waals surface area contributed by atoms with E-state index in [1.807, 2.05) is 11.9 Å². The quantitative estimate of drug-likeness (QED) is 0.646. The molecule has 0 aliphatic carbocycles. The Labute approximate surface area is 112 Å². The summed E-state index contributed by atoms with van der Waals surface area (Å²) in [6.07, 6.45) is 2.20. The lowest BCUT2D eigenvalue weighted by molar-refractivity contribution is 0.0576. The van der Waals surface area contributed by atoms with Gasteiger partial charge in [-0.3, -0.25) is 5.41 Å². The molecule has 4 nitrogen and oxygen atoms in total. The second kappa shape index (κ2) is 6.02. The molecule has 19 heavy (non-hydrogen) atoms. The van der Waals surface area contributed by atoms with Crippen LogP contribution in [0.25, 0.3) is 0 Å². The van der Waals surface area contributed by atoms with Crippen LogP contribution in [0.5, 0.6) is 0 Å². The summed E-state index contributed by atoms with van der Waals surface area (Å²) in [5, 5.41) is 7.30. The summed E-state index contributed by atoms with van der Waals surface area (Å²) < 4.78 is 19.4. The number of nitrogens with zero attached hydrogens (tertiary/aromatic N) is 1. The number of nitrogens with two attached hydrogens (primary N) is 1. The predicted molar refractivity (Wildman–Crippen MR) is 74.2 cm³/mol. The van der Waals surface area contributed by atoms with Gasteiger partial charge >= 0.3 is 0 Å². The van der Waals surface area contributed by atoms with Gasteiger partial charge in [0.05, 0.1) is 12.3 Å². The van der Waals surface area contributed by atoms with Gasteiger partial charge < -0.3 is 15.4 Å². The van der Waals surface area contributed by atoms with E-state index in [-0.39, 0.29) is 11.7 Å². The fraction of sp³-hybridized carbons (Fsp3) is 0.500. The lowest BCUT2D eigenvalue weighted by Gasteiger charge is -2.28. The Morgan fingerprint density at radius 3 is 2.95 bits per heavy atom. The summed E-state index contributed by atoms with van der Waals surface area (Å²) in [5.74, 6) is -0.00801. The van der Waals surface area contributed by atoms with Gasteiger partial charge in [-0.2, -0.15) is 0 Å². The van der Waals surface area contributed by atoms with E-state index >= 15 is 0 Å². The number of benzene rings is 1. The zero-order valence-electron chi connectivity index (χ0n) is 11.2. The minimum Gasteiger partial charge on any atom is -0.384 e. The fourth-order valence-electron chi connectivity index (χ4n) is 2.42. The van der Waals surface area contributed by atoms with Gasteiger partial charge in [-0.25, -0.2) is 4.39 Å². The normalized spacial score (nSPS) is 19.2. The maximum atomic E-state index is 14.0. The van der Waals surface area contributed by atoms with Gasteiger partial charge in [-0.05, 0) is 37.0 Å². The molecule has 2 rings (SSSR count). The molecule has 0 amide bonds. The monoisotopic (exact) mass is 265 g/mol. The van der Waals surface area contributed by atoms with Crippen molar-refractivity contribution < 1.29 is 9.13 Å². The van der Waals surface area contributed by atoms with Crippen molar-refractivity contribution in [3.63, 3.8) is 0 Å². The summed E-state index contributed by atoms with van der Waals surface area (Å²) in [6, 6.07) is 4.66. The van der Waals surface area contributed by atoms with E-state index in [9.17, 15) is 4.39 Å². The average molecular weight is 265 g/mol. The number of ether oxygens (including phenoxy) is 1. The zero-order valence-corrected chi connectivity index (χ0v) is 11.2. The molecule has 1 saturated heterocycles. The number of rotatable bonds is 4. The minimum absolute atomic E-state index is 0.117. The van der Waals surface area contributed by atoms with Gasteiger partial charge in [-0.15, -0.1) is 0 Å². The number of nitrogen functional groups attached to an aromatic ring is 1. The zero-order chi connectivity index (χ0) is 13.8. The molecule has 5 heteroatoms. The van der Waals surface area contributed by atoms with Crippen LogP contribution in [0.4, 0.5) is 10.1 Å². The van der Waals surface area contributed by atoms with Gasteiger partial charge in [-0.1, -0.05) is 0 Å². The molecule has 1 aliphatic rings. The van der Waals surface area contributed by atoms with Crippen LogP contribution in [0, 0.1) is 17.1 Å². The molecule has 1 aromatic carbocycles. The number of hydrogen-bond donors (Lipinski definition) is 2. The Morgan fingerprint density at radius 1 is 1.58 bits per heavy atom. The molecule has 1 unspecified atom stereocenters. The molecule has 0 radical (unpaired) electrons. The number of nitrogens with one attached hydrogen (secondary N) is 1. The molecule has 1 heterocycles. The summed E-state index contributed by atoms with van der Waals surface area (Å²) in [5.41, 5.74) is 6.29. The standard InChI is InChI=1S/C14H20FN3O/c1-18(8-10-3-2-6-19-9-10)13-5-4-11(14(16)17)7-12(13)15/h4-5,7,10H,2-3,6,8-9H2,1H3,(H3,16,17). The molecule has 104 valence electrons. The number of hydrogen-bond acceptors (Lipinski definition) is 3. The second-order valence-corrected chi connectivity index (χ2v) is 5.04. The first-order chi connectivity index (χ1) is 9.08. The highest BCUT2D eigenvalue weighted by atomic mass is 19.1. The van der Waals surface area contributed by atoms with Crippen molar-refractivity contribution >= 4 is 11.5 Å². The maximum Gasteiger partial charge on any atom is 0.147 e. The average Bonchev–Trinajstić information content (AvgIpc) is 2.39. The second-order valence-electron chi connectivity index (χ2n) is 5.04. The molecular weight excluding hydrogens is 245 g/mol. The molecule has 0 bridgehead atoms. The number of halogens is 1. The van der Waals surface area contributed by atoms with Gasteiger partial charge in [0, 0.05) is 25.8 Å². The van der Waals surface area contributed by atoms with Crippen molar-refractivity contribution in [3.05, 3.63) is 29.6 Å². The third-order valence-electron chi connectivity index (χ3n) is 3.46. The van der Waals surface area contributed by atoms with Gasteiger partial charge in [0.2, 0.25) is 0 Å². The summed E-state index contributed by atoms with van der Waals surface area (Å²) >= 11 is 0. The van der Waals surface area contributed by atoms with Crippen LogP contribution in [0.1, 0.15) is 18.4 Å². The van der Waals surface area contributed by atoms with E-state index in [1.165, 1.54) is 6.07 Å². The third kappa shape index (κ3) is 3.44. The van der Waals surface area contributed by atoms with Crippen molar-refractivity contribution in [1.82, 2.24) is 0 Å². The Balaban J connectivity index is 2.05. The van der Waals surface area contributed by atoms with Crippen molar-refractivity contribution in [1.29, 1.82) is 5.41 Å². The van der Waals surface area contributed by atoms with Gasteiger partial charge in [0.25, 0.3) is 0 Å². The first kappa shape index (κ1) is 13.8. The summed E-state index contributed by atoms with van der Waals surface area (Å²) in [6.45, 7) is 2.36. The van der Waals surface area contributed by atoms with E-state index in [4.69, 9.17) is 15.9 Å². The molecule has 0 saturated carbocycles. The third-order valence-corrected chi connectivity index (χ3v) is 3.46. The Bertz CT molecular complexity index is 458. The van der Waals surface area contributed by atoms with Crippen LogP contribution in [-0.2, 0) is 4.74 Å². The molecule has 1 atom stereocenters. The number of anilines is 1. The van der Waals surface area contributed by atoms with Crippen LogP contribution >= 0.6 is 0 Å². The molecule has 1 aliphatic heterocycles. The van der Waals surface area contributed by atoms with E-state index in [1.54, 1.807) is 12.1 Å². The molecule has 0 spiro atoms. The maximum absolute atomic E-state index is 14.0. The predicted octanol–water partition coefficient (Wildman–Crippen LogP) is 1.97. The molecule has 3 N–H and O–H groups in total. The van der Waals surface area contributed by atoms with Crippen molar-refractivity contribution in [2.45, 2.75) is 12.8 Å². The topological polar surface area (TPSA) is 62.3 Å². The number of amidine groups is 1. The Kier molecular flexibility index (Phi) is 4.37. The molecule has 1 aromatic rings. The highest BCUT2D eigenvalue weighted by Crippen LogP contribution is 2.22. The van der Waals surface area contributed by atoms with E-state index in [2.05, 4.69) is 0 Å². The van der Waals surface area contributed by atoms with Crippen molar-refractivity contribution in [2.75, 3.05) is 31.7 Å². The van der Waals surface area contributed by atoms with E-state index in [0.29, 0.717) is 17.2 Å². The van der Waals surface area contributed by atoms with Crippen LogP contribution in [0.15, 0.2) is 18.2 Å². The van der Waals surface area contributed by atoms with Crippen LogP contribution in [-0.4, -0.2) is 32.6 Å². The smallest absolute Gasteiger partial charge is 0.147 e. The summed E-state index contributed by atoms with van der Waals surface area (Å²) in [7, 11) is 1.88. The minimum atomic E-state index is -0.341. The molecular formula is C14H20FN3O. The summed E-state index contributed by atoms with van der Waals surface area (Å²) in [4.78, 5) is 1.90.